The number of fused-ring (bicyclic) bond motifs is 5. The summed E-state index contributed by atoms with van der Waals surface area (Å²) in [4.78, 5) is 42.6. The minimum atomic E-state index is -2.11. The smallest absolute Gasteiger partial charge is 0.343 e. The molecule has 9 nitrogen and oxygen atoms in total. The van der Waals surface area contributed by atoms with Crippen molar-refractivity contribution >= 4 is 22.8 Å². The first-order valence-electron chi connectivity index (χ1n) is 10.1. The molecule has 164 valence electrons. The third-order valence-corrected chi connectivity index (χ3v) is 6.03. The van der Waals surface area contributed by atoms with Crippen LogP contribution in [0.2, 0.25) is 0 Å². The van der Waals surface area contributed by atoms with E-state index in [2.05, 4.69) is 0 Å². The minimum absolute atomic E-state index is 0.0211. The molecule has 0 fully saturated rings. The Balaban J connectivity index is 1.86. The van der Waals surface area contributed by atoms with Gasteiger partial charge < -0.3 is 19.3 Å². The molecule has 0 unspecified atom stereocenters. The quantitative estimate of drug-likeness (QED) is 0.485. The van der Waals surface area contributed by atoms with E-state index in [4.69, 9.17) is 19.2 Å². The van der Waals surface area contributed by atoms with Gasteiger partial charge in [-0.25, -0.2) is 9.78 Å². The first-order chi connectivity index (χ1) is 15.3. The predicted molar refractivity (Wildman–Crippen MR) is 112 cm³/mol. The Kier molecular flexibility index (Phi) is 4.35. The molecule has 2 aromatic heterocycles. The monoisotopic (exact) mass is 436 g/mol. The number of methoxy groups -OCH3 is 1. The third-order valence-electron chi connectivity index (χ3n) is 6.03. The highest BCUT2D eigenvalue weighted by Gasteiger charge is 2.49. The lowest BCUT2D eigenvalue weighted by atomic mass is 9.85. The van der Waals surface area contributed by atoms with Gasteiger partial charge >= 0.3 is 11.9 Å². The topological polar surface area (TPSA) is 117 Å². The highest BCUT2D eigenvalue weighted by Crippen LogP contribution is 2.46. The summed E-state index contributed by atoms with van der Waals surface area (Å²) in [6, 6.07) is 7.31. The van der Waals surface area contributed by atoms with Crippen LogP contribution in [0.25, 0.3) is 22.3 Å². The molecule has 5 rings (SSSR count). The molecule has 3 aromatic rings. The van der Waals surface area contributed by atoms with Gasteiger partial charge in [0.15, 0.2) is 11.4 Å². The summed E-state index contributed by atoms with van der Waals surface area (Å²) in [5.41, 5.74) is -0.354. The van der Waals surface area contributed by atoms with Gasteiger partial charge in [0.25, 0.3) is 5.56 Å². The molecule has 0 radical (unpaired) electrons. The van der Waals surface area contributed by atoms with Gasteiger partial charge in [0.2, 0.25) is 0 Å². The molecule has 1 aromatic carbocycles. The van der Waals surface area contributed by atoms with Crippen molar-refractivity contribution in [3.8, 4) is 22.9 Å². The lowest BCUT2D eigenvalue weighted by Crippen LogP contribution is -2.45. The van der Waals surface area contributed by atoms with Gasteiger partial charge in [0.1, 0.15) is 18.1 Å². The number of benzene rings is 1. The van der Waals surface area contributed by atoms with Crippen molar-refractivity contribution in [1.82, 2.24) is 9.55 Å². The summed E-state index contributed by atoms with van der Waals surface area (Å²) >= 11 is 0. The fraction of sp³-hybridized carbons (Fsp3) is 0.304. The number of carbonyl (C=O) groups excluding carboxylic acids is 2. The van der Waals surface area contributed by atoms with Crippen molar-refractivity contribution in [2.75, 3.05) is 7.11 Å². The second-order valence-electron chi connectivity index (χ2n) is 7.86. The Bertz CT molecular complexity index is 1390. The predicted octanol–water partition coefficient (Wildman–Crippen LogP) is 2.01. The molecule has 2 aliphatic heterocycles. The van der Waals surface area contributed by atoms with Crippen LogP contribution in [0.1, 0.15) is 37.0 Å². The van der Waals surface area contributed by atoms with Crippen LogP contribution in [-0.4, -0.2) is 33.7 Å². The van der Waals surface area contributed by atoms with Gasteiger partial charge in [-0.3, -0.25) is 14.2 Å². The number of cyclic esters (lactones) is 1. The summed E-state index contributed by atoms with van der Waals surface area (Å²) in [5, 5.41) is 12.0. The zero-order valence-corrected chi connectivity index (χ0v) is 17.7. The van der Waals surface area contributed by atoms with Crippen molar-refractivity contribution < 1.29 is 28.9 Å². The second kappa shape index (κ2) is 6.89. The number of rotatable bonds is 3. The highest BCUT2D eigenvalue weighted by molar-refractivity contribution is 5.90. The SMILES string of the molecule is CC[C@@]1(O)C(=O)OCc2c1c(OC(C)=O)c1n(c2=O)Cc2cc3cc(OC)ccc3nc2-1. The normalized spacial score (nSPS) is 18.6. The Morgan fingerprint density at radius 3 is 2.78 bits per heavy atom. The van der Waals surface area contributed by atoms with Crippen LogP contribution in [-0.2, 0) is 33.1 Å². The minimum Gasteiger partial charge on any atom is -0.497 e. The van der Waals surface area contributed by atoms with Crippen LogP contribution >= 0.6 is 0 Å². The van der Waals surface area contributed by atoms with E-state index in [1.54, 1.807) is 26.2 Å². The van der Waals surface area contributed by atoms with Crippen LogP contribution in [0.3, 0.4) is 0 Å². The lowest BCUT2D eigenvalue weighted by Gasteiger charge is -2.33. The third kappa shape index (κ3) is 2.67. The maximum Gasteiger partial charge on any atom is 0.343 e. The van der Waals surface area contributed by atoms with Crippen molar-refractivity contribution in [2.45, 2.75) is 39.0 Å². The van der Waals surface area contributed by atoms with Crippen LogP contribution < -0.4 is 15.0 Å². The molecule has 4 heterocycles. The molecular formula is C23H20N2O7. The maximum absolute atomic E-state index is 13.4. The molecule has 0 spiro atoms. The molecule has 2 aliphatic rings. The van der Waals surface area contributed by atoms with E-state index in [1.807, 2.05) is 12.1 Å². The average molecular weight is 436 g/mol. The first kappa shape index (κ1) is 20.2. The molecular weight excluding hydrogens is 416 g/mol. The van der Waals surface area contributed by atoms with Gasteiger partial charge in [-0.15, -0.1) is 0 Å². The number of pyridine rings is 2. The van der Waals surface area contributed by atoms with Crippen molar-refractivity contribution in [1.29, 1.82) is 0 Å². The highest BCUT2D eigenvalue weighted by atomic mass is 16.6. The van der Waals surface area contributed by atoms with E-state index in [-0.39, 0.29) is 42.1 Å². The van der Waals surface area contributed by atoms with Crippen LogP contribution in [0, 0.1) is 0 Å². The Morgan fingerprint density at radius 1 is 1.31 bits per heavy atom. The lowest BCUT2D eigenvalue weighted by molar-refractivity contribution is -0.172. The molecule has 9 heteroatoms. The van der Waals surface area contributed by atoms with E-state index in [0.717, 1.165) is 10.9 Å². The molecule has 32 heavy (non-hydrogen) atoms. The summed E-state index contributed by atoms with van der Waals surface area (Å²) in [7, 11) is 1.57. The van der Waals surface area contributed by atoms with Gasteiger partial charge in [-0.2, -0.15) is 0 Å². The molecule has 0 saturated heterocycles. The van der Waals surface area contributed by atoms with Gasteiger partial charge in [-0.1, -0.05) is 6.92 Å². The largest absolute Gasteiger partial charge is 0.497 e. The van der Waals surface area contributed by atoms with E-state index < -0.39 is 23.1 Å². The Morgan fingerprint density at radius 2 is 2.09 bits per heavy atom. The number of esters is 2. The summed E-state index contributed by atoms with van der Waals surface area (Å²) in [5.74, 6) is -0.897. The Labute approximate surface area is 182 Å². The summed E-state index contributed by atoms with van der Waals surface area (Å²) in [6.07, 6.45) is -0.0617. The average Bonchev–Trinajstić information content (AvgIpc) is 3.15. The second-order valence-corrected chi connectivity index (χ2v) is 7.86. The van der Waals surface area contributed by atoms with Crippen molar-refractivity contribution in [2.24, 2.45) is 0 Å². The zero-order chi connectivity index (χ0) is 22.8. The number of aliphatic hydroxyl groups is 1. The molecule has 0 saturated carbocycles. The molecule has 1 N–H and O–H groups in total. The summed E-state index contributed by atoms with van der Waals surface area (Å²) in [6.45, 7) is 2.69. The Hall–Kier alpha value is -3.72. The first-order valence-corrected chi connectivity index (χ1v) is 10.1. The van der Waals surface area contributed by atoms with Crippen LogP contribution in [0.4, 0.5) is 0 Å². The van der Waals surface area contributed by atoms with E-state index >= 15 is 0 Å². The standard InChI is InChI=1S/C23H20N2O7/c1-4-23(29)17-15(10-31-22(23)28)21(27)25-9-13-7-12-8-14(30-3)5-6-16(12)24-18(13)19(25)20(17)32-11(2)26/h5-8,29H,4,9-10H2,1-3H3/t23-/m0/s1. The molecule has 0 bridgehead atoms. The number of carbonyl (C=O) groups is 2. The fourth-order valence-electron chi connectivity index (χ4n) is 4.45. The van der Waals surface area contributed by atoms with Gasteiger partial charge in [0, 0.05) is 17.9 Å². The number of hydrogen-bond donors (Lipinski definition) is 1. The van der Waals surface area contributed by atoms with Crippen LogP contribution in [0.5, 0.6) is 11.5 Å². The summed E-state index contributed by atoms with van der Waals surface area (Å²) < 4.78 is 17.4. The van der Waals surface area contributed by atoms with E-state index in [0.29, 0.717) is 17.0 Å². The number of nitrogens with zero attached hydrogens (tertiary/aromatic N) is 2. The van der Waals surface area contributed by atoms with Gasteiger partial charge in [0.05, 0.1) is 36.0 Å². The molecule has 1 atom stereocenters. The number of ether oxygens (including phenoxy) is 3. The van der Waals surface area contributed by atoms with Crippen molar-refractivity contribution in [3.05, 3.63) is 51.3 Å². The van der Waals surface area contributed by atoms with Crippen LogP contribution in [0.15, 0.2) is 29.1 Å². The number of hydrogen-bond acceptors (Lipinski definition) is 8. The zero-order valence-electron chi connectivity index (χ0n) is 17.7. The molecule has 0 aliphatic carbocycles. The van der Waals surface area contributed by atoms with Crippen molar-refractivity contribution in [3.63, 3.8) is 0 Å². The maximum atomic E-state index is 13.4. The molecule has 0 amide bonds. The van der Waals surface area contributed by atoms with E-state index in [1.165, 1.54) is 11.5 Å². The number of aromatic nitrogens is 2. The van der Waals surface area contributed by atoms with Gasteiger partial charge in [-0.05, 0) is 30.7 Å². The van der Waals surface area contributed by atoms with E-state index in [9.17, 15) is 19.5 Å². The fourth-order valence-corrected chi connectivity index (χ4v) is 4.45.